The average molecular weight is 268 g/mol. The van der Waals surface area contributed by atoms with E-state index in [4.69, 9.17) is 5.11 Å². The summed E-state index contributed by atoms with van der Waals surface area (Å²) in [5, 5.41) is 8.84. The first-order valence-corrected chi connectivity index (χ1v) is 5.12. The third-order valence-electron chi connectivity index (χ3n) is 2.42. The molecule has 0 aliphatic rings. The minimum atomic E-state index is -0.993. The Morgan fingerprint density at radius 3 is 2.61 bits per heavy atom. The van der Waals surface area contributed by atoms with Crippen molar-refractivity contribution < 1.29 is 31.3 Å². The minimum absolute atomic E-state index is 0. The number of carboxylic acids is 1. The van der Waals surface area contributed by atoms with E-state index in [1.54, 1.807) is 35.0 Å². The second-order valence-electron chi connectivity index (χ2n) is 3.66. The van der Waals surface area contributed by atoms with Crippen molar-refractivity contribution in [3.05, 3.63) is 65.7 Å². The maximum Gasteiger partial charge on any atom is 0.341 e. The number of benzene rings is 1. The lowest BCUT2D eigenvalue weighted by Gasteiger charge is -2.00. The van der Waals surface area contributed by atoms with Crippen molar-refractivity contribution in [1.82, 2.24) is 0 Å². The number of rotatable bonds is 3. The highest BCUT2D eigenvalue weighted by molar-refractivity contribution is 5.86. The summed E-state index contributed by atoms with van der Waals surface area (Å²) in [5.41, 5.74) is 0.712. The highest BCUT2D eigenvalue weighted by Crippen LogP contribution is 2.05. The van der Waals surface area contributed by atoms with Gasteiger partial charge in [0.1, 0.15) is 11.4 Å². The van der Waals surface area contributed by atoms with Crippen molar-refractivity contribution in [2.75, 3.05) is 0 Å². The standard InChI is InChI=1S/C13H10FNO2.ClH/c14-12-6-2-1-4-10(12)8-15-7-3-5-11(9-15)13(16)17;/h1-7,9H,8H2;1H. The van der Waals surface area contributed by atoms with Crippen molar-refractivity contribution in [2.24, 2.45) is 0 Å². The summed E-state index contributed by atoms with van der Waals surface area (Å²) in [7, 11) is 0. The number of nitrogens with zero attached hydrogens (tertiary/aromatic N) is 1. The summed E-state index contributed by atoms with van der Waals surface area (Å²) in [6.45, 7) is 0.313. The highest BCUT2D eigenvalue weighted by atomic mass is 35.5. The lowest BCUT2D eigenvalue weighted by molar-refractivity contribution is -0.688. The molecule has 0 aliphatic carbocycles. The molecule has 2 rings (SSSR count). The van der Waals surface area contributed by atoms with E-state index in [1.165, 1.54) is 18.3 Å². The third-order valence-corrected chi connectivity index (χ3v) is 2.42. The normalized spacial score (nSPS) is 9.61. The van der Waals surface area contributed by atoms with Gasteiger partial charge in [0, 0.05) is 6.07 Å². The van der Waals surface area contributed by atoms with Crippen molar-refractivity contribution in [2.45, 2.75) is 6.54 Å². The number of hydrogen-bond acceptors (Lipinski definition) is 1. The lowest BCUT2D eigenvalue weighted by atomic mass is 10.2. The summed E-state index contributed by atoms with van der Waals surface area (Å²) in [6.07, 6.45) is 3.19. The Kier molecular flexibility index (Phi) is 4.80. The van der Waals surface area contributed by atoms with Crippen LogP contribution in [0, 0.1) is 5.82 Å². The van der Waals surface area contributed by atoms with Gasteiger partial charge in [-0.3, -0.25) is 0 Å². The predicted molar refractivity (Wildman–Crippen MR) is 59.1 cm³/mol. The first-order chi connectivity index (χ1) is 8.16. The van der Waals surface area contributed by atoms with Crippen LogP contribution >= 0.6 is 0 Å². The van der Waals surface area contributed by atoms with Crippen molar-refractivity contribution >= 4 is 5.97 Å². The predicted octanol–water partition coefficient (Wildman–Crippen LogP) is -1.14. The molecule has 0 saturated carbocycles. The first kappa shape index (κ1) is 14.1. The molecule has 0 spiro atoms. The molecule has 1 heterocycles. The lowest BCUT2D eigenvalue weighted by Crippen LogP contribution is -3.00. The van der Waals surface area contributed by atoms with Gasteiger partial charge in [-0.2, -0.15) is 4.57 Å². The Bertz CT molecular complexity index is 560. The largest absolute Gasteiger partial charge is 1.00 e. The molecule has 2 aromatic rings. The van der Waals surface area contributed by atoms with Crippen LogP contribution in [0.5, 0.6) is 0 Å². The van der Waals surface area contributed by atoms with Crippen LogP contribution in [-0.4, -0.2) is 11.1 Å². The molecule has 94 valence electrons. The van der Waals surface area contributed by atoms with Crippen LogP contribution in [0.1, 0.15) is 15.9 Å². The molecule has 0 atom stereocenters. The van der Waals surface area contributed by atoms with E-state index in [9.17, 15) is 9.18 Å². The highest BCUT2D eigenvalue weighted by Gasteiger charge is 2.11. The maximum absolute atomic E-state index is 13.4. The Morgan fingerprint density at radius 2 is 1.94 bits per heavy atom. The number of hydrogen-bond donors (Lipinski definition) is 1. The zero-order valence-corrected chi connectivity index (χ0v) is 10.1. The van der Waals surface area contributed by atoms with Gasteiger partial charge in [-0.25, -0.2) is 9.18 Å². The number of aromatic nitrogens is 1. The summed E-state index contributed by atoms with van der Waals surface area (Å²) in [6, 6.07) is 9.56. The van der Waals surface area contributed by atoms with Crippen LogP contribution in [0.3, 0.4) is 0 Å². The van der Waals surface area contributed by atoms with Crippen LogP contribution in [0.4, 0.5) is 4.39 Å². The van der Waals surface area contributed by atoms with Crippen molar-refractivity contribution in [3.8, 4) is 0 Å². The number of carboxylic acid groups (broad SMARTS) is 1. The Morgan fingerprint density at radius 1 is 1.22 bits per heavy atom. The average Bonchev–Trinajstić information content (AvgIpc) is 2.32. The Labute approximate surface area is 110 Å². The van der Waals surface area contributed by atoms with E-state index in [-0.39, 0.29) is 23.8 Å². The second kappa shape index (κ2) is 6.12. The van der Waals surface area contributed by atoms with Crippen LogP contribution in [0.15, 0.2) is 48.8 Å². The Balaban J connectivity index is 0.00000162. The van der Waals surface area contributed by atoms with Crippen LogP contribution in [0.25, 0.3) is 0 Å². The number of pyridine rings is 1. The molecule has 3 nitrogen and oxygen atoms in total. The molecule has 0 saturated heterocycles. The zero-order chi connectivity index (χ0) is 12.3. The summed E-state index contributed by atoms with van der Waals surface area (Å²) < 4.78 is 15.0. The van der Waals surface area contributed by atoms with E-state index in [1.807, 2.05) is 0 Å². The van der Waals surface area contributed by atoms with Gasteiger partial charge in [-0.05, 0) is 18.2 Å². The SMILES string of the molecule is O=C(O)c1ccc[n+](Cc2ccccc2F)c1.[Cl-]. The molecule has 0 aliphatic heterocycles. The zero-order valence-electron chi connectivity index (χ0n) is 9.38. The summed E-state index contributed by atoms with van der Waals surface area (Å²) in [5.74, 6) is -1.28. The van der Waals surface area contributed by atoms with E-state index >= 15 is 0 Å². The van der Waals surface area contributed by atoms with Gasteiger partial charge in [0.25, 0.3) is 0 Å². The van der Waals surface area contributed by atoms with E-state index < -0.39 is 5.97 Å². The fourth-order valence-electron chi connectivity index (χ4n) is 1.57. The molecule has 0 unspecified atom stereocenters. The van der Waals surface area contributed by atoms with Gasteiger partial charge in [-0.15, -0.1) is 0 Å². The first-order valence-electron chi connectivity index (χ1n) is 5.12. The molecule has 1 N–H and O–H groups in total. The summed E-state index contributed by atoms with van der Waals surface area (Å²) >= 11 is 0. The molecule has 0 amide bonds. The van der Waals surface area contributed by atoms with Gasteiger partial charge < -0.3 is 17.5 Å². The molecular formula is C13H11ClFNO2. The van der Waals surface area contributed by atoms with Gasteiger partial charge in [-0.1, -0.05) is 12.1 Å². The molecule has 1 aromatic heterocycles. The molecule has 0 radical (unpaired) electrons. The maximum atomic E-state index is 13.4. The fourth-order valence-corrected chi connectivity index (χ4v) is 1.57. The van der Waals surface area contributed by atoms with Crippen LogP contribution < -0.4 is 17.0 Å². The quantitative estimate of drug-likeness (QED) is 0.715. The van der Waals surface area contributed by atoms with Crippen LogP contribution in [-0.2, 0) is 6.54 Å². The molecule has 18 heavy (non-hydrogen) atoms. The third kappa shape index (κ3) is 3.28. The van der Waals surface area contributed by atoms with Crippen LogP contribution in [0.2, 0.25) is 0 Å². The molecule has 5 heteroatoms. The van der Waals surface area contributed by atoms with E-state index in [0.29, 0.717) is 12.1 Å². The number of halogens is 2. The molecule has 0 bridgehead atoms. The molecule has 1 aromatic carbocycles. The minimum Gasteiger partial charge on any atom is -1.00 e. The van der Waals surface area contributed by atoms with Gasteiger partial charge in [0.2, 0.25) is 0 Å². The van der Waals surface area contributed by atoms with E-state index in [2.05, 4.69) is 0 Å². The number of aromatic carboxylic acids is 1. The fraction of sp³-hybridized carbons (Fsp3) is 0.0769. The van der Waals surface area contributed by atoms with Gasteiger partial charge in [0.05, 0.1) is 5.56 Å². The van der Waals surface area contributed by atoms with Gasteiger partial charge >= 0.3 is 5.97 Å². The molecular weight excluding hydrogens is 257 g/mol. The van der Waals surface area contributed by atoms with Crippen molar-refractivity contribution in [1.29, 1.82) is 0 Å². The topological polar surface area (TPSA) is 41.2 Å². The molecule has 0 fully saturated rings. The second-order valence-corrected chi connectivity index (χ2v) is 3.66. The smallest absolute Gasteiger partial charge is 0.341 e. The van der Waals surface area contributed by atoms with Gasteiger partial charge in [0.15, 0.2) is 18.9 Å². The van der Waals surface area contributed by atoms with Crippen molar-refractivity contribution in [3.63, 3.8) is 0 Å². The van der Waals surface area contributed by atoms with E-state index in [0.717, 1.165) is 0 Å². The monoisotopic (exact) mass is 267 g/mol. The number of carbonyl (C=O) groups is 1. The Hall–Kier alpha value is -1.94. The summed E-state index contributed by atoms with van der Waals surface area (Å²) in [4.78, 5) is 10.8.